The Labute approximate surface area is 171 Å². The van der Waals surface area contributed by atoms with Crippen molar-refractivity contribution in [3.63, 3.8) is 0 Å². The number of carbonyl (C=O) groups excluding carboxylic acids is 2. The maximum Gasteiger partial charge on any atom is 0.234 e. The number of thioether (sulfide) groups is 1. The van der Waals surface area contributed by atoms with Gasteiger partial charge in [0, 0.05) is 23.4 Å². The van der Waals surface area contributed by atoms with Gasteiger partial charge >= 0.3 is 0 Å². The van der Waals surface area contributed by atoms with Crippen molar-refractivity contribution < 1.29 is 9.59 Å². The van der Waals surface area contributed by atoms with Crippen LogP contribution in [0.1, 0.15) is 5.82 Å². The summed E-state index contributed by atoms with van der Waals surface area (Å²) in [4.78, 5) is 24.2. The second kappa shape index (κ2) is 9.38. The highest BCUT2D eigenvalue weighted by atomic mass is 35.5. The fraction of sp³-hybridized carbons (Fsp3) is 0.158. The van der Waals surface area contributed by atoms with Gasteiger partial charge in [-0.15, -0.1) is 10.2 Å². The molecule has 0 saturated carbocycles. The van der Waals surface area contributed by atoms with E-state index in [1.165, 1.54) is 11.8 Å². The number of halogens is 1. The zero-order valence-electron chi connectivity index (χ0n) is 15.1. The van der Waals surface area contributed by atoms with Crippen molar-refractivity contribution in [2.24, 2.45) is 7.05 Å². The molecule has 7 nitrogen and oxygen atoms in total. The van der Waals surface area contributed by atoms with Gasteiger partial charge in [-0.3, -0.25) is 9.59 Å². The van der Waals surface area contributed by atoms with Crippen LogP contribution in [0.4, 0.5) is 11.4 Å². The molecule has 0 atom stereocenters. The highest BCUT2D eigenvalue weighted by Gasteiger charge is 2.14. The third-order valence-electron chi connectivity index (χ3n) is 3.76. The average Bonchev–Trinajstić information content (AvgIpc) is 3.02. The van der Waals surface area contributed by atoms with E-state index >= 15 is 0 Å². The van der Waals surface area contributed by atoms with Crippen molar-refractivity contribution in [1.29, 1.82) is 0 Å². The van der Waals surface area contributed by atoms with Crippen LogP contribution in [0.15, 0.2) is 59.8 Å². The lowest BCUT2D eigenvalue weighted by Gasteiger charge is -2.06. The van der Waals surface area contributed by atoms with Gasteiger partial charge in [0.25, 0.3) is 0 Å². The molecule has 3 rings (SSSR count). The van der Waals surface area contributed by atoms with E-state index in [0.717, 1.165) is 5.69 Å². The van der Waals surface area contributed by atoms with Gasteiger partial charge in [0.1, 0.15) is 5.82 Å². The number of rotatable bonds is 7. The molecular formula is C19H18ClN5O2S. The molecule has 0 saturated heterocycles. The number of nitrogens with one attached hydrogen (secondary N) is 2. The molecule has 0 unspecified atom stereocenters. The predicted molar refractivity (Wildman–Crippen MR) is 111 cm³/mol. The second-order valence-corrected chi connectivity index (χ2v) is 7.27. The summed E-state index contributed by atoms with van der Waals surface area (Å²) in [5, 5.41) is 14.9. The number of hydrogen-bond acceptors (Lipinski definition) is 5. The molecule has 144 valence electrons. The fourth-order valence-corrected chi connectivity index (χ4v) is 3.21. The summed E-state index contributed by atoms with van der Waals surface area (Å²) < 4.78 is 1.71. The summed E-state index contributed by atoms with van der Waals surface area (Å²) in [6.07, 6.45) is 0.0932. The van der Waals surface area contributed by atoms with E-state index < -0.39 is 0 Å². The highest BCUT2D eigenvalue weighted by molar-refractivity contribution is 7.99. The molecule has 0 aliphatic heterocycles. The summed E-state index contributed by atoms with van der Waals surface area (Å²) in [5.74, 6) is 0.344. The van der Waals surface area contributed by atoms with Gasteiger partial charge in [-0.2, -0.15) is 0 Å². The van der Waals surface area contributed by atoms with Gasteiger partial charge in [0.15, 0.2) is 5.16 Å². The van der Waals surface area contributed by atoms with Crippen molar-refractivity contribution in [2.75, 3.05) is 16.4 Å². The molecule has 0 aliphatic carbocycles. The largest absolute Gasteiger partial charge is 0.326 e. The number of hydrogen-bond donors (Lipinski definition) is 2. The molecule has 0 radical (unpaired) electrons. The molecule has 1 heterocycles. The Bertz CT molecular complexity index is 960. The fourth-order valence-electron chi connectivity index (χ4n) is 2.36. The summed E-state index contributed by atoms with van der Waals surface area (Å²) >= 11 is 7.08. The minimum absolute atomic E-state index is 0.0932. The molecular weight excluding hydrogens is 398 g/mol. The van der Waals surface area contributed by atoms with E-state index in [2.05, 4.69) is 20.8 Å². The van der Waals surface area contributed by atoms with Crippen molar-refractivity contribution in [3.05, 3.63) is 65.4 Å². The second-order valence-electron chi connectivity index (χ2n) is 5.89. The quantitative estimate of drug-likeness (QED) is 0.577. The van der Waals surface area contributed by atoms with Crippen LogP contribution in [0.5, 0.6) is 0 Å². The van der Waals surface area contributed by atoms with E-state index in [1.54, 1.807) is 35.9 Å². The van der Waals surface area contributed by atoms with E-state index in [0.29, 0.717) is 21.7 Å². The standard InChI is InChI=1S/C19H18ClN5O2S/c1-25-16(11-17(26)21-14-5-3-2-4-6-14)23-24-19(25)28-12-18(27)22-15-9-7-13(20)8-10-15/h2-10H,11-12H2,1H3,(H,21,26)(H,22,27). The first-order valence-electron chi connectivity index (χ1n) is 8.42. The number of para-hydroxylation sites is 1. The number of amides is 2. The average molecular weight is 416 g/mol. The minimum Gasteiger partial charge on any atom is -0.326 e. The third-order valence-corrected chi connectivity index (χ3v) is 5.03. The predicted octanol–water partition coefficient (Wildman–Crippen LogP) is 3.38. The van der Waals surface area contributed by atoms with Crippen LogP contribution in [-0.2, 0) is 23.1 Å². The Morgan fingerprint density at radius 1 is 0.964 bits per heavy atom. The Hall–Kier alpha value is -2.84. The summed E-state index contributed by atoms with van der Waals surface area (Å²) in [5.41, 5.74) is 1.40. The SMILES string of the molecule is Cn1c(CC(=O)Nc2ccccc2)nnc1SCC(=O)Nc1ccc(Cl)cc1. The van der Waals surface area contributed by atoms with Crippen LogP contribution in [0, 0.1) is 0 Å². The highest BCUT2D eigenvalue weighted by Crippen LogP contribution is 2.18. The molecule has 0 spiro atoms. The van der Waals surface area contributed by atoms with Gasteiger partial charge < -0.3 is 15.2 Å². The molecule has 2 aromatic carbocycles. The van der Waals surface area contributed by atoms with Gasteiger partial charge in [0.05, 0.1) is 12.2 Å². The van der Waals surface area contributed by atoms with E-state index in [4.69, 9.17) is 11.6 Å². The maximum absolute atomic E-state index is 12.2. The van der Waals surface area contributed by atoms with Crippen molar-refractivity contribution in [2.45, 2.75) is 11.6 Å². The monoisotopic (exact) mass is 415 g/mol. The van der Waals surface area contributed by atoms with Crippen LogP contribution in [0.3, 0.4) is 0 Å². The lowest BCUT2D eigenvalue weighted by molar-refractivity contribution is -0.116. The Morgan fingerprint density at radius 3 is 2.32 bits per heavy atom. The zero-order valence-corrected chi connectivity index (χ0v) is 16.6. The summed E-state index contributed by atoms with van der Waals surface area (Å²) in [6, 6.07) is 16.1. The number of carbonyl (C=O) groups is 2. The van der Waals surface area contributed by atoms with Crippen molar-refractivity contribution >= 4 is 46.6 Å². The first-order valence-corrected chi connectivity index (χ1v) is 9.79. The normalized spacial score (nSPS) is 10.5. The van der Waals surface area contributed by atoms with Gasteiger partial charge in [-0.1, -0.05) is 41.6 Å². The number of benzene rings is 2. The lowest BCUT2D eigenvalue weighted by atomic mass is 10.3. The maximum atomic E-state index is 12.2. The third kappa shape index (κ3) is 5.58. The molecule has 0 bridgehead atoms. The van der Waals surface area contributed by atoms with Gasteiger partial charge in [-0.25, -0.2) is 0 Å². The summed E-state index contributed by atoms with van der Waals surface area (Å²) in [6.45, 7) is 0. The van der Waals surface area contributed by atoms with Gasteiger partial charge in [-0.05, 0) is 36.4 Å². The van der Waals surface area contributed by atoms with Crippen molar-refractivity contribution in [1.82, 2.24) is 14.8 Å². The molecule has 3 aromatic rings. The molecule has 2 amide bonds. The molecule has 1 aromatic heterocycles. The van der Waals surface area contributed by atoms with Crippen LogP contribution in [-0.4, -0.2) is 32.3 Å². The van der Waals surface area contributed by atoms with Crippen molar-refractivity contribution in [3.8, 4) is 0 Å². The Kier molecular flexibility index (Phi) is 6.67. The van der Waals surface area contributed by atoms with Crippen LogP contribution in [0.2, 0.25) is 5.02 Å². The van der Waals surface area contributed by atoms with Crippen LogP contribution < -0.4 is 10.6 Å². The smallest absolute Gasteiger partial charge is 0.234 e. The molecule has 0 aliphatic rings. The first-order chi connectivity index (χ1) is 13.5. The van der Waals surface area contributed by atoms with E-state index in [-0.39, 0.29) is 24.0 Å². The molecule has 2 N–H and O–H groups in total. The number of anilines is 2. The Morgan fingerprint density at radius 2 is 1.61 bits per heavy atom. The van der Waals surface area contributed by atoms with Crippen LogP contribution in [0.25, 0.3) is 0 Å². The lowest BCUT2D eigenvalue weighted by Crippen LogP contribution is -2.17. The van der Waals surface area contributed by atoms with E-state index in [1.807, 2.05) is 30.3 Å². The summed E-state index contributed by atoms with van der Waals surface area (Å²) in [7, 11) is 1.77. The number of nitrogens with zero attached hydrogens (tertiary/aromatic N) is 3. The zero-order chi connectivity index (χ0) is 19.9. The molecule has 28 heavy (non-hydrogen) atoms. The number of aromatic nitrogens is 3. The molecule has 9 heteroatoms. The van der Waals surface area contributed by atoms with Crippen LogP contribution >= 0.6 is 23.4 Å². The molecule has 0 fully saturated rings. The Balaban J connectivity index is 1.52. The van der Waals surface area contributed by atoms with Gasteiger partial charge in [0.2, 0.25) is 11.8 Å². The minimum atomic E-state index is -0.182. The first kappa shape index (κ1) is 19.9. The topological polar surface area (TPSA) is 88.9 Å². The van der Waals surface area contributed by atoms with E-state index in [9.17, 15) is 9.59 Å².